The molecule has 1 heterocycles. The van der Waals surface area contributed by atoms with Crippen molar-refractivity contribution in [3.8, 4) is 0 Å². The molecule has 0 saturated heterocycles. The van der Waals surface area contributed by atoms with Crippen LogP contribution >= 0.6 is 0 Å². The first kappa shape index (κ1) is 9.59. The van der Waals surface area contributed by atoms with Gasteiger partial charge < -0.3 is 0 Å². The predicted octanol–water partition coefficient (Wildman–Crippen LogP) is 3.14. The van der Waals surface area contributed by atoms with Gasteiger partial charge in [-0.15, -0.1) is 0 Å². The van der Waals surface area contributed by atoms with Gasteiger partial charge >= 0.3 is 0 Å². The van der Waals surface area contributed by atoms with E-state index in [1.807, 2.05) is 30.5 Å². The summed E-state index contributed by atoms with van der Waals surface area (Å²) >= 11 is 0. The minimum absolute atomic E-state index is 0.970. The number of pyridine rings is 1. The average Bonchev–Trinajstić information content (AvgIpc) is 2.30. The van der Waals surface area contributed by atoms with Crippen LogP contribution in [0.25, 0.3) is 0 Å². The molecule has 15 heavy (non-hydrogen) atoms. The second-order valence-corrected chi connectivity index (χ2v) is 3.37. The standard InChI is InChI=1S/C13H12N2/c1-11-2-4-13(5-3-11)15-10-12-6-8-14-9-7-12/h2-10H,1H3. The maximum atomic E-state index is 4.36. The third kappa shape index (κ3) is 2.74. The van der Waals surface area contributed by atoms with Gasteiger partial charge in [0.2, 0.25) is 0 Å². The van der Waals surface area contributed by atoms with Gasteiger partial charge in [-0.3, -0.25) is 9.98 Å². The van der Waals surface area contributed by atoms with Gasteiger partial charge in [0.05, 0.1) is 5.69 Å². The van der Waals surface area contributed by atoms with Crippen molar-refractivity contribution >= 4 is 11.9 Å². The molecule has 0 bridgehead atoms. The molecule has 0 radical (unpaired) electrons. The summed E-state index contributed by atoms with van der Waals surface area (Å²) in [6.45, 7) is 2.07. The SMILES string of the molecule is Cc1ccc(N=Cc2ccncc2)cc1. The molecule has 74 valence electrons. The van der Waals surface area contributed by atoms with Crippen molar-refractivity contribution in [3.05, 3.63) is 59.9 Å². The van der Waals surface area contributed by atoms with E-state index in [1.54, 1.807) is 12.4 Å². The number of rotatable bonds is 2. The van der Waals surface area contributed by atoms with Crippen LogP contribution in [0.5, 0.6) is 0 Å². The van der Waals surface area contributed by atoms with E-state index in [4.69, 9.17) is 0 Å². The van der Waals surface area contributed by atoms with E-state index in [9.17, 15) is 0 Å². The molecule has 0 spiro atoms. The Labute approximate surface area is 89.3 Å². The molecule has 0 aliphatic carbocycles. The summed E-state index contributed by atoms with van der Waals surface area (Å²) < 4.78 is 0. The molecule has 0 unspecified atom stereocenters. The number of hydrogen-bond donors (Lipinski definition) is 0. The van der Waals surface area contributed by atoms with Gasteiger partial charge in [0, 0.05) is 18.6 Å². The Bertz CT molecular complexity index is 444. The van der Waals surface area contributed by atoms with Crippen molar-refractivity contribution in [1.82, 2.24) is 4.98 Å². The topological polar surface area (TPSA) is 25.2 Å². The summed E-state index contributed by atoms with van der Waals surface area (Å²) in [6.07, 6.45) is 5.36. The predicted molar refractivity (Wildman–Crippen MR) is 62.7 cm³/mol. The zero-order valence-corrected chi connectivity index (χ0v) is 8.59. The molecule has 0 fully saturated rings. The third-order valence-electron chi connectivity index (χ3n) is 2.10. The van der Waals surface area contributed by atoms with Crippen LogP contribution in [-0.2, 0) is 0 Å². The van der Waals surface area contributed by atoms with Gasteiger partial charge in [0.15, 0.2) is 0 Å². The normalized spacial score (nSPS) is 10.7. The molecule has 1 aromatic heterocycles. The van der Waals surface area contributed by atoms with Crippen LogP contribution in [0, 0.1) is 6.92 Å². The molecule has 0 amide bonds. The highest BCUT2D eigenvalue weighted by molar-refractivity contribution is 5.81. The first-order chi connectivity index (χ1) is 7.34. The van der Waals surface area contributed by atoms with Crippen molar-refractivity contribution in [3.63, 3.8) is 0 Å². The number of aryl methyl sites for hydroxylation is 1. The Hall–Kier alpha value is -1.96. The van der Waals surface area contributed by atoms with Gasteiger partial charge in [-0.25, -0.2) is 0 Å². The summed E-state index contributed by atoms with van der Waals surface area (Å²) in [5, 5.41) is 0. The maximum absolute atomic E-state index is 4.36. The quantitative estimate of drug-likeness (QED) is 0.677. The second-order valence-electron chi connectivity index (χ2n) is 3.37. The number of aliphatic imine (C=N–C) groups is 1. The molecule has 0 saturated carbocycles. The summed E-state index contributed by atoms with van der Waals surface area (Å²) in [4.78, 5) is 8.32. The molecule has 2 nitrogen and oxygen atoms in total. The molecular formula is C13H12N2. The lowest BCUT2D eigenvalue weighted by Crippen LogP contribution is -1.79. The zero-order chi connectivity index (χ0) is 10.5. The van der Waals surface area contributed by atoms with Crippen molar-refractivity contribution in [1.29, 1.82) is 0 Å². The van der Waals surface area contributed by atoms with E-state index in [2.05, 4.69) is 29.0 Å². The smallest absolute Gasteiger partial charge is 0.0630 e. The Morgan fingerprint density at radius 1 is 1.00 bits per heavy atom. The first-order valence-electron chi connectivity index (χ1n) is 4.85. The fourth-order valence-corrected chi connectivity index (χ4v) is 1.23. The highest BCUT2D eigenvalue weighted by Crippen LogP contribution is 2.12. The Balaban J connectivity index is 2.15. The van der Waals surface area contributed by atoms with Crippen LogP contribution in [0.4, 0.5) is 5.69 Å². The van der Waals surface area contributed by atoms with Gasteiger partial charge in [0.1, 0.15) is 0 Å². The van der Waals surface area contributed by atoms with Crippen molar-refractivity contribution in [2.75, 3.05) is 0 Å². The molecule has 0 aliphatic rings. The number of nitrogens with zero attached hydrogens (tertiary/aromatic N) is 2. The van der Waals surface area contributed by atoms with E-state index in [0.29, 0.717) is 0 Å². The molecule has 1 aromatic carbocycles. The summed E-state index contributed by atoms with van der Waals surface area (Å²) in [6, 6.07) is 12.0. The van der Waals surface area contributed by atoms with Crippen LogP contribution in [0.3, 0.4) is 0 Å². The first-order valence-corrected chi connectivity index (χ1v) is 4.85. The van der Waals surface area contributed by atoms with Crippen molar-refractivity contribution in [2.24, 2.45) is 4.99 Å². The van der Waals surface area contributed by atoms with Crippen LogP contribution in [0.15, 0.2) is 53.8 Å². The van der Waals surface area contributed by atoms with Gasteiger partial charge in [-0.05, 0) is 36.8 Å². The lowest BCUT2D eigenvalue weighted by atomic mass is 10.2. The molecule has 2 rings (SSSR count). The Morgan fingerprint density at radius 3 is 2.33 bits per heavy atom. The fourth-order valence-electron chi connectivity index (χ4n) is 1.23. The molecule has 2 heteroatoms. The number of benzene rings is 1. The maximum Gasteiger partial charge on any atom is 0.0630 e. The molecular weight excluding hydrogens is 184 g/mol. The van der Waals surface area contributed by atoms with E-state index >= 15 is 0 Å². The Kier molecular flexibility index (Phi) is 2.88. The lowest BCUT2D eigenvalue weighted by Gasteiger charge is -1.94. The Morgan fingerprint density at radius 2 is 1.67 bits per heavy atom. The number of hydrogen-bond acceptors (Lipinski definition) is 2. The van der Waals surface area contributed by atoms with Crippen molar-refractivity contribution < 1.29 is 0 Å². The monoisotopic (exact) mass is 196 g/mol. The van der Waals surface area contributed by atoms with Crippen LogP contribution in [0.2, 0.25) is 0 Å². The minimum Gasteiger partial charge on any atom is -0.265 e. The van der Waals surface area contributed by atoms with E-state index in [0.717, 1.165) is 11.3 Å². The highest BCUT2D eigenvalue weighted by atomic mass is 14.7. The van der Waals surface area contributed by atoms with E-state index < -0.39 is 0 Å². The van der Waals surface area contributed by atoms with Crippen LogP contribution < -0.4 is 0 Å². The molecule has 0 N–H and O–H groups in total. The van der Waals surface area contributed by atoms with E-state index in [1.165, 1.54) is 5.56 Å². The molecule has 0 aliphatic heterocycles. The largest absolute Gasteiger partial charge is 0.265 e. The fraction of sp³-hybridized carbons (Fsp3) is 0.0769. The second kappa shape index (κ2) is 4.51. The number of aromatic nitrogens is 1. The van der Waals surface area contributed by atoms with Gasteiger partial charge in [-0.2, -0.15) is 0 Å². The summed E-state index contributed by atoms with van der Waals surface area (Å²) in [5.74, 6) is 0. The average molecular weight is 196 g/mol. The van der Waals surface area contributed by atoms with Gasteiger partial charge in [0.25, 0.3) is 0 Å². The third-order valence-corrected chi connectivity index (χ3v) is 2.10. The van der Waals surface area contributed by atoms with Crippen LogP contribution in [0.1, 0.15) is 11.1 Å². The summed E-state index contributed by atoms with van der Waals surface area (Å²) in [5.41, 5.74) is 3.28. The van der Waals surface area contributed by atoms with Crippen LogP contribution in [-0.4, -0.2) is 11.2 Å². The highest BCUT2D eigenvalue weighted by Gasteiger charge is 1.88. The summed E-state index contributed by atoms with van der Waals surface area (Å²) in [7, 11) is 0. The van der Waals surface area contributed by atoms with E-state index in [-0.39, 0.29) is 0 Å². The van der Waals surface area contributed by atoms with Gasteiger partial charge in [-0.1, -0.05) is 17.7 Å². The zero-order valence-electron chi connectivity index (χ0n) is 8.59. The lowest BCUT2D eigenvalue weighted by molar-refractivity contribution is 1.32. The molecule has 2 aromatic rings. The minimum atomic E-state index is 0.970. The molecule has 0 atom stereocenters. The van der Waals surface area contributed by atoms with Crippen molar-refractivity contribution in [2.45, 2.75) is 6.92 Å².